The number of aromatic nitrogens is 3. The molecule has 11 aromatic rings. The molecular weight excluding hydrogens is 671 g/mol. The van der Waals surface area contributed by atoms with E-state index >= 15 is 0 Å². The minimum absolute atomic E-state index is 0.618. The SMILES string of the molecule is c1ccc(-c2cccc(-c3nc(-c4ccc(-c5cccc6oc7ccccc7c56)cc4)nc(-c4ccc5c6ccccc6c6ccccc6c5c4)n3)c2)cc1. The molecule has 0 aliphatic rings. The van der Waals surface area contributed by atoms with Crippen LogP contribution in [0.3, 0.4) is 0 Å². The lowest BCUT2D eigenvalue weighted by Crippen LogP contribution is -2.00. The van der Waals surface area contributed by atoms with Crippen LogP contribution in [0.4, 0.5) is 0 Å². The van der Waals surface area contributed by atoms with E-state index in [4.69, 9.17) is 19.4 Å². The zero-order chi connectivity index (χ0) is 36.3. The number of nitrogens with zero attached hydrogens (tertiary/aromatic N) is 3. The van der Waals surface area contributed by atoms with Crippen LogP contribution in [0.25, 0.3) is 111 Å². The Labute approximate surface area is 317 Å². The maximum Gasteiger partial charge on any atom is 0.164 e. The van der Waals surface area contributed by atoms with Crippen molar-refractivity contribution in [3.8, 4) is 56.4 Å². The van der Waals surface area contributed by atoms with E-state index in [-0.39, 0.29) is 0 Å². The third-order valence-electron chi connectivity index (χ3n) is 10.7. The fourth-order valence-electron chi connectivity index (χ4n) is 8.09. The lowest BCUT2D eigenvalue weighted by molar-refractivity contribution is 0.669. The maximum absolute atomic E-state index is 6.20. The van der Waals surface area contributed by atoms with E-state index < -0.39 is 0 Å². The normalized spacial score (nSPS) is 11.6. The summed E-state index contributed by atoms with van der Waals surface area (Å²) in [6, 6.07) is 65.7. The largest absolute Gasteiger partial charge is 0.456 e. The standard InChI is InChI=1S/C51H31N3O/c1-2-12-32(13-3-1)35-14-10-15-36(30-35)50-52-49(34-26-24-33(25-27-34)38-21-11-23-47-48(38)44-20-8-9-22-46(44)55-47)53-51(54-50)37-28-29-43-41-18-5-4-16-39(41)40-17-6-7-19-42(40)45(43)31-37/h1-31H. The summed E-state index contributed by atoms with van der Waals surface area (Å²) in [5.74, 6) is 1.87. The minimum atomic E-state index is 0.618. The number of rotatable bonds is 5. The topological polar surface area (TPSA) is 51.8 Å². The van der Waals surface area contributed by atoms with E-state index in [1.54, 1.807) is 0 Å². The highest BCUT2D eigenvalue weighted by Crippen LogP contribution is 2.39. The predicted octanol–water partition coefficient (Wildman–Crippen LogP) is 13.6. The summed E-state index contributed by atoms with van der Waals surface area (Å²) >= 11 is 0. The second-order valence-corrected chi connectivity index (χ2v) is 14.0. The molecule has 2 aromatic heterocycles. The molecule has 0 fully saturated rings. The van der Waals surface area contributed by atoms with Gasteiger partial charge in [-0.3, -0.25) is 0 Å². The first-order chi connectivity index (χ1) is 27.2. The van der Waals surface area contributed by atoms with Gasteiger partial charge in [0.05, 0.1) is 0 Å². The Morgan fingerprint density at radius 1 is 0.273 bits per heavy atom. The van der Waals surface area contributed by atoms with E-state index in [9.17, 15) is 0 Å². The molecule has 0 aliphatic carbocycles. The van der Waals surface area contributed by atoms with Crippen molar-refractivity contribution in [2.24, 2.45) is 0 Å². The first-order valence-electron chi connectivity index (χ1n) is 18.5. The van der Waals surface area contributed by atoms with E-state index in [0.717, 1.165) is 60.9 Å². The first kappa shape index (κ1) is 31.1. The number of para-hydroxylation sites is 1. The van der Waals surface area contributed by atoms with Gasteiger partial charge in [0.25, 0.3) is 0 Å². The molecule has 0 radical (unpaired) electrons. The lowest BCUT2D eigenvalue weighted by Gasteiger charge is -2.13. The molecule has 0 unspecified atom stereocenters. The fraction of sp³-hybridized carbons (Fsp3) is 0. The van der Waals surface area contributed by atoms with E-state index in [1.807, 2.05) is 24.3 Å². The van der Waals surface area contributed by atoms with Crippen molar-refractivity contribution in [1.29, 1.82) is 0 Å². The van der Waals surface area contributed by atoms with Crippen LogP contribution in [0.2, 0.25) is 0 Å². The molecule has 0 saturated heterocycles. The summed E-state index contributed by atoms with van der Waals surface area (Å²) in [6.07, 6.45) is 0. The maximum atomic E-state index is 6.20. The van der Waals surface area contributed by atoms with Crippen molar-refractivity contribution in [3.63, 3.8) is 0 Å². The van der Waals surface area contributed by atoms with Gasteiger partial charge in [-0.25, -0.2) is 15.0 Å². The monoisotopic (exact) mass is 701 g/mol. The Kier molecular flexibility index (Phi) is 7.14. The molecule has 256 valence electrons. The lowest BCUT2D eigenvalue weighted by atomic mass is 9.93. The molecule has 2 heterocycles. The van der Waals surface area contributed by atoms with Gasteiger partial charge in [-0.1, -0.05) is 164 Å². The second kappa shape index (κ2) is 12.6. The smallest absolute Gasteiger partial charge is 0.164 e. The summed E-state index contributed by atoms with van der Waals surface area (Å²) in [5, 5.41) is 9.53. The van der Waals surface area contributed by atoms with Crippen LogP contribution < -0.4 is 0 Å². The molecule has 0 spiro atoms. The van der Waals surface area contributed by atoms with Crippen molar-refractivity contribution in [3.05, 3.63) is 188 Å². The average molecular weight is 702 g/mol. The van der Waals surface area contributed by atoms with Crippen molar-refractivity contribution < 1.29 is 4.42 Å². The molecule has 9 aromatic carbocycles. The summed E-state index contributed by atoms with van der Waals surface area (Å²) in [5.41, 5.74) is 9.01. The molecule has 0 saturated carbocycles. The van der Waals surface area contributed by atoms with Crippen LogP contribution in [0.5, 0.6) is 0 Å². The van der Waals surface area contributed by atoms with Gasteiger partial charge in [0, 0.05) is 27.5 Å². The molecule has 0 aliphatic heterocycles. The van der Waals surface area contributed by atoms with Crippen LogP contribution in [0.15, 0.2) is 192 Å². The fourth-order valence-corrected chi connectivity index (χ4v) is 8.09. The number of benzene rings is 9. The van der Waals surface area contributed by atoms with Gasteiger partial charge < -0.3 is 4.42 Å². The Morgan fingerprint density at radius 2 is 0.745 bits per heavy atom. The first-order valence-corrected chi connectivity index (χ1v) is 18.5. The van der Waals surface area contributed by atoms with Crippen molar-refractivity contribution in [2.75, 3.05) is 0 Å². The van der Waals surface area contributed by atoms with Gasteiger partial charge in [0.1, 0.15) is 11.2 Å². The quantitative estimate of drug-likeness (QED) is 0.168. The van der Waals surface area contributed by atoms with Crippen LogP contribution in [-0.2, 0) is 0 Å². The van der Waals surface area contributed by atoms with Gasteiger partial charge in [-0.05, 0) is 78.8 Å². The molecule has 4 heteroatoms. The zero-order valence-corrected chi connectivity index (χ0v) is 29.6. The van der Waals surface area contributed by atoms with Gasteiger partial charge in [-0.15, -0.1) is 0 Å². The Balaban J connectivity index is 1.08. The van der Waals surface area contributed by atoms with Crippen LogP contribution in [-0.4, -0.2) is 15.0 Å². The van der Waals surface area contributed by atoms with Crippen molar-refractivity contribution >= 4 is 54.3 Å². The Morgan fingerprint density at radius 3 is 1.45 bits per heavy atom. The van der Waals surface area contributed by atoms with E-state index in [2.05, 4.69) is 164 Å². The molecule has 11 rings (SSSR count). The summed E-state index contributed by atoms with van der Waals surface area (Å²) in [4.78, 5) is 15.5. The third-order valence-corrected chi connectivity index (χ3v) is 10.7. The summed E-state index contributed by atoms with van der Waals surface area (Å²) in [7, 11) is 0. The highest BCUT2D eigenvalue weighted by molar-refractivity contribution is 6.25. The van der Waals surface area contributed by atoms with E-state index in [1.165, 1.54) is 32.3 Å². The predicted molar refractivity (Wildman–Crippen MR) is 227 cm³/mol. The highest BCUT2D eigenvalue weighted by Gasteiger charge is 2.17. The molecule has 55 heavy (non-hydrogen) atoms. The molecule has 0 atom stereocenters. The minimum Gasteiger partial charge on any atom is -0.456 e. The van der Waals surface area contributed by atoms with Gasteiger partial charge in [0.2, 0.25) is 0 Å². The van der Waals surface area contributed by atoms with Crippen molar-refractivity contribution in [1.82, 2.24) is 15.0 Å². The molecule has 0 bridgehead atoms. The second-order valence-electron chi connectivity index (χ2n) is 14.0. The molecular formula is C51H31N3O. The number of hydrogen-bond acceptors (Lipinski definition) is 4. The van der Waals surface area contributed by atoms with Crippen LogP contribution in [0.1, 0.15) is 0 Å². The number of fused-ring (bicyclic) bond motifs is 9. The summed E-state index contributed by atoms with van der Waals surface area (Å²) < 4.78 is 6.20. The van der Waals surface area contributed by atoms with Crippen molar-refractivity contribution in [2.45, 2.75) is 0 Å². The zero-order valence-electron chi connectivity index (χ0n) is 29.6. The Bertz CT molecular complexity index is 3220. The molecule has 0 amide bonds. The highest BCUT2D eigenvalue weighted by atomic mass is 16.3. The van der Waals surface area contributed by atoms with E-state index in [0.29, 0.717) is 17.5 Å². The number of hydrogen-bond donors (Lipinski definition) is 0. The van der Waals surface area contributed by atoms with Gasteiger partial charge in [-0.2, -0.15) is 0 Å². The van der Waals surface area contributed by atoms with Crippen LogP contribution >= 0.6 is 0 Å². The van der Waals surface area contributed by atoms with Gasteiger partial charge in [0.15, 0.2) is 17.5 Å². The molecule has 0 N–H and O–H groups in total. The number of furan rings is 1. The average Bonchev–Trinajstić information content (AvgIpc) is 3.66. The Hall–Kier alpha value is -7.43. The third kappa shape index (κ3) is 5.26. The summed E-state index contributed by atoms with van der Waals surface area (Å²) in [6.45, 7) is 0. The molecule has 4 nitrogen and oxygen atoms in total. The van der Waals surface area contributed by atoms with Crippen LogP contribution in [0, 0.1) is 0 Å². The van der Waals surface area contributed by atoms with Gasteiger partial charge >= 0.3 is 0 Å².